The van der Waals surface area contributed by atoms with Gasteiger partial charge in [-0.05, 0) is 71.2 Å². The Balaban J connectivity index is 1.92. The molecule has 4 aromatic rings. The quantitative estimate of drug-likeness (QED) is 0.287. The molecule has 4 aromatic carbocycles. The number of phenolic OH excluding ortho intramolecular Hbond substituents is 2. The van der Waals surface area contributed by atoms with Crippen LogP contribution in [0.5, 0.6) is 11.5 Å². The Bertz CT molecular complexity index is 1340. The van der Waals surface area contributed by atoms with Gasteiger partial charge in [-0.2, -0.15) is 0 Å². The Hall–Kier alpha value is -3.17. The largest absolute Gasteiger partial charge is 0.507 e. The van der Waals surface area contributed by atoms with Crippen molar-refractivity contribution in [2.24, 2.45) is 0 Å². The zero-order valence-corrected chi connectivity index (χ0v) is 24.0. The lowest BCUT2D eigenvalue weighted by Gasteiger charge is -2.25. The van der Waals surface area contributed by atoms with E-state index in [1.807, 2.05) is 24.3 Å². The second-order valence-corrected chi connectivity index (χ2v) is 13.1. The van der Waals surface area contributed by atoms with E-state index < -0.39 is 0 Å². The van der Waals surface area contributed by atoms with Gasteiger partial charge in [-0.3, -0.25) is 0 Å². The molecule has 0 amide bonds. The third kappa shape index (κ3) is 5.57. The van der Waals surface area contributed by atoms with Crippen LogP contribution in [0.25, 0.3) is 22.3 Å². The molecule has 0 aliphatic carbocycles. The van der Waals surface area contributed by atoms with E-state index in [0.29, 0.717) is 11.5 Å². The molecule has 3 heteroatoms. The van der Waals surface area contributed by atoms with Crippen molar-refractivity contribution in [1.82, 2.24) is 0 Å². The molecule has 0 aromatic heterocycles. The minimum Gasteiger partial charge on any atom is -0.507 e. The van der Waals surface area contributed by atoms with E-state index in [4.69, 9.17) is 0 Å². The fourth-order valence-corrected chi connectivity index (χ4v) is 5.75. The average Bonchev–Trinajstić information content (AvgIpc) is 2.80. The van der Waals surface area contributed by atoms with Crippen molar-refractivity contribution < 1.29 is 10.2 Å². The molecule has 0 saturated heterocycles. The Morgan fingerprint density at radius 1 is 0.514 bits per heavy atom. The first kappa shape index (κ1) is 26.9. The molecule has 2 N–H and O–H groups in total. The van der Waals surface area contributed by atoms with Crippen LogP contribution in [0.2, 0.25) is 0 Å². The van der Waals surface area contributed by atoms with Gasteiger partial charge in [0.05, 0.1) is 0 Å². The van der Waals surface area contributed by atoms with Crippen molar-refractivity contribution in [3.63, 3.8) is 0 Å². The Morgan fingerprint density at radius 3 is 1.19 bits per heavy atom. The standard InChI is InChI=1S/C34H38O2S/c1-21-13-9-11-15-25(21)27-17-23(19-29(31(27)35)33(3,4)5)37-24-18-28(26-16-12-10-14-22(26)2)32(36)30(20-24)34(6,7)8/h9-20,35-36H,1-8H3. The normalized spacial score (nSPS) is 12.1. The SMILES string of the molecule is Cc1ccccc1-c1cc(Sc2cc(-c3ccccc3C)c(O)c(C(C)(C)C)c2)cc(C(C)(C)C)c1O. The van der Waals surface area contributed by atoms with Gasteiger partial charge < -0.3 is 10.2 Å². The first-order valence-electron chi connectivity index (χ1n) is 12.8. The molecule has 192 valence electrons. The predicted octanol–water partition coefficient (Wildman–Crippen LogP) is 9.79. The molecular formula is C34H38O2S. The maximum Gasteiger partial charge on any atom is 0.127 e. The molecule has 0 atom stereocenters. The van der Waals surface area contributed by atoms with E-state index in [-0.39, 0.29) is 10.8 Å². The van der Waals surface area contributed by atoms with Gasteiger partial charge in [-0.1, -0.05) is 102 Å². The molecule has 0 heterocycles. The van der Waals surface area contributed by atoms with Crippen LogP contribution < -0.4 is 0 Å². The van der Waals surface area contributed by atoms with Crippen molar-refractivity contribution in [3.8, 4) is 33.8 Å². The summed E-state index contributed by atoms with van der Waals surface area (Å²) in [7, 11) is 0. The van der Waals surface area contributed by atoms with E-state index in [9.17, 15) is 10.2 Å². The number of aromatic hydroxyl groups is 2. The molecule has 0 fully saturated rings. The number of aryl methyl sites for hydroxylation is 2. The number of hydrogen-bond donors (Lipinski definition) is 2. The summed E-state index contributed by atoms with van der Waals surface area (Å²) in [5.41, 5.74) is 7.41. The molecule has 0 aliphatic rings. The predicted molar refractivity (Wildman–Crippen MR) is 158 cm³/mol. The highest BCUT2D eigenvalue weighted by Crippen LogP contribution is 2.47. The molecule has 0 aliphatic heterocycles. The Morgan fingerprint density at radius 2 is 0.865 bits per heavy atom. The van der Waals surface area contributed by atoms with E-state index >= 15 is 0 Å². The van der Waals surface area contributed by atoms with Crippen LogP contribution in [0.15, 0.2) is 82.6 Å². The van der Waals surface area contributed by atoms with Gasteiger partial charge in [0.15, 0.2) is 0 Å². The van der Waals surface area contributed by atoms with Crippen molar-refractivity contribution in [3.05, 3.63) is 95.1 Å². The average molecular weight is 511 g/mol. The number of hydrogen-bond acceptors (Lipinski definition) is 3. The third-order valence-corrected chi connectivity index (χ3v) is 7.83. The highest BCUT2D eigenvalue weighted by Gasteiger charge is 2.25. The number of phenols is 2. The van der Waals surface area contributed by atoms with E-state index in [1.54, 1.807) is 11.8 Å². The molecule has 37 heavy (non-hydrogen) atoms. The summed E-state index contributed by atoms with van der Waals surface area (Å²) in [5, 5.41) is 22.7. The lowest BCUT2D eigenvalue weighted by atomic mass is 9.84. The summed E-state index contributed by atoms with van der Waals surface area (Å²) >= 11 is 1.67. The highest BCUT2D eigenvalue weighted by molar-refractivity contribution is 7.99. The molecular weight excluding hydrogens is 472 g/mol. The van der Waals surface area contributed by atoms with Crippen molar-refractivity contribution >= 4 is 11.8 Å². The monoisotopic (exact) mass is 510 g/mol. The van der Waals surface area contributed by atoms with Gasteiger partial charge in [-0.25, -0.2) is 0 Å². The summed E-state index contributed by atoms with van der Waals surface area (Å²) < 4.78 is 0. The zero-order valence-electron chi connectivity index (χ0n) is 23.2. The van der Waals surface area contributed by atoms with Gasteiger partial charge >= 0.3 is 0 Å². The molecule has 0 unspecified atom stereocenters. The number of rotatable bonds is 4. The lowest BCUT2D eigenvalue weighted by molar-refractivity contribution is 0.447. The minimum absolute atomic E-state index is 0.226. The van der Waals surface area contributed by atoms with Gasteiger partial charge in [0.1, 0.15) is 11.5 Å². The molecule has 0 saturated carbocycles. The van der Waals surface area contributed by atoms with Crippen LogP contribution in [0.1, 0.15) is 63.8 Å². The summed E-state index contributed by atoms with van der Waals surface area (Å²) in [6.07, 6.45) is 0. The first-order chi connectivity index (χ1) is 17.3. The van der Waals surface area contributed by atoms with Crippen molar-refractivity contribution in [1.29, 1.82) is 0 Å². The van der Waals surface area contributed by atoms with Gasteiger partial charge in [0.2, 0.25) is 0 Å². The Labute approximate surface area is 226 Å². The highest BCUT2D eigenvalue weighted by atomic mass is 32.2. The summed E-state index contributed by atoms with van der Waals surface area (Å²) in [6, 6.07) is 24.8. The number of benzene rings is 4. The van der Waals surface area contributed by atoms with E-state index in [0.717, 1.165) is 54.3 Å². The summed E-state index contributed by atoms with van der Waals surface area (Å²) in [6.45, 7) is 16.9. The maximum atomic E-state index is 11.4. The third-order valence-electron chi connectivity index (χ3n) is 6.89. The molecule has 0 spiro atoms. The van der Waals surface area contributed by atoms with Crippen molar-refractivity contribution in [2.75, 3.05) is 0 Å². The maximum absolute atomic E-state index is 11.4. The van der Waals surface area contributed by atoms with E-state index in [2.05, 4.69) is 104 Å². The van der Waals surface area contributed by atoms with Gasteiger partial charge in [0, 0.05) is 32.0 Å². The van der Waals surface area contributed by atoms with E-state index in [1.165, 1.54) is 0 Å². The van der Waals surface area contributed by atoms with Crippen LogP contribution in [0.3, 0.4) is 0 Å². The van der Waals surface area contributed by atoms with Crippen LogP contribution >= 0.6 is 11.8 Å². The summed E-state index contributed by atoms with van der Waals surface area (Å²) in [4.78, 5) is 2.12. The van der Waals surface area contributed by atoms with Crippen LogP contribution in [0.4, 0.5) is 0 Å². The first-order valence-corrected chi connectivity index (χ1v) is 13.6. The van der Waals surface area contributed by atoms with Gasteiger partial charge in [0.25, 0.3) is 0 Å². The van der Waals surface area contributed by atoms with Crippen molar-refractivity contribution in [2.45, 2.75) is 76.0 Å². The Kier molecular flexibility index (Phi) is 7.23. The van der Waals surface area contributed by atoms with Crippen LogP contribution in [0, 0.1) is 13.8 Å². The topological polar surface area (TPSA) is 40.5 Å². The fourth-order valence-electron chi connectivity index (χ4n) is 4.77. The smallest absolute Gasteiger partial charge is 0.127 e. The fraction of sp³-hybridized carbons (Fsp3) is 0.294. The van der Waals surface area contributed by atoms with Crippen LogP contribution in [-0.2, 0) is 10.8 Å². The van der Waals surface area contributed by atoms with Crippen LogP contribution in [-0.4, -0.2) is 10.2 Å². The molecule has 0 bridgehead atoms. The lowest BCUT2D eigenvalue weighted by Crippen LogP contribution is -2.12. The molecule has 4 rings (SSSR count). The zero-order chi connectivity index (χ0) is 27.1. The molecule has 2 nitrogen and oxygen atoms in total. The minimum atomic E-state index is -0.226. The second-order valence-electron chi connectivity index (χ2n) is 12.0. The van der Waals surface area contributed by atoms with Gasteiger partial charge in [-0.15, -0.1) is 0 Å². The summed E-state index contributed by atoms with van der Waals surface area (Å²) in [5.74, 6) is 0.681. The second kappa shape index (κ2) is 9.95. The molecule has 0 radical (unpaired) electrons.